The number of nitrogens with two attached hydrogens (primary N) is 1. The quantitative estimate of drug-likeness (QED) is 0.687. The maximum absolute atomic E-state index is 5.80. The van der Waals surface area contributed by atoms with Crippen molar-refractivity contribution in [3.63, 3.8) is 0 Å². The van der Waals surface area contributed by atoms with Gasteiger partial charge in [0, 0.05) is 13.0 Å². The van der Waals surface area contributed by atoms with Crippen molar-refractivity contribution in [3.8, 4) is 0 Å². The van der Waals surface area contributed by atoms with Gasteiger partial charge in [-0.25, -0.2) is 0 Å². The molecule has 5 unspecified atom stereocenters. The van der Waals surface area contributed by atoms with Crippen LogP contribution in [0.25, 0.3) is 0 Å². The van der Waals surface area contributed by atoms with E-state index in [2.05, 4.69) is 5.32 Å². The van der Waals surface area contributed by atoms with Gasteiger partial charge in [-0.2, -0.15) is 0 Å². The van der Waals surface area contributed by atoms with Crippen LogP contribution in [0.4, 0.5) is 0 Å². The number of hydrogen-bond donors (Lipinski definition) is 1. The fraction of sp³-hybridized carbons (Fsp3) is 1.00. The van der Waals surface area contributed by atoms with E-state index in [4.69, 9.17) is 9.47 Å². The van der Waals surface area contributed by atoms with E-state index in [1.54, 1.807) is 0 Å². The smallest absolute Gasteiger partial charge is 0.195 e. The first-order valence-corrected chi connectivity index (χ1v) is 6.39. The molecule has 0 bridgehead atoms. The molecule has 3 rings (SSSR count). The van der Waals surface area contributed by atoms with E-state index in [9.17, 15) is 0 Å². The Kier molecular flexibility index (Phi) is 2.71. The number of rotatable bonds is 1. The van der Waals surface area contributed by atoms with Gasteiger partial charge in [0.15, 0.2) is 6.23 Å². The summed E-state index contributed by atoms with van der Waals surface area (Å²) in [4.78, 5) is 0. The van der Waals surface area contributed by atoms with E-state index in [0.29, 0.717) is 18.2 Å². The highest BCUT2D eigenvalue weighted by molar-refractivity contribution is 4.91. The average molecular weight is 212 g/mol. The van der Waals surface area contributed by atoms with Crippen LogP contribution < -0.4 is 5.32 Å². The zero-order valence-corrected chi connectivity index (χ0v) is 9.52. The van der Waals surface area contributed by atoms with Crippen molar-refractivity contribution >= 4 is 0 Å². The maximum atomic E-state index is 5.80. The van der Waals surface area contributed by atoms with E-state index in [-0.39, 0.29) is 0 Å². The molecule has 1 saturated carbocycles. The van der Waals surface area contributed by atoms with Crippen LogP contribution in [0.1, 0.15) is 32.1 Å². The third-order valence-corrected chi connectivity index (χ3v) is 4.61. The Balaban J connectivity index is 1.80. The number of ether oxygens (including phenoxy) is 2. The van der Waals surface area contributed by atoms with E-state index >= 15 is 0 Å². The topological polar surface area (TPSA) is 35.1 Å². The molecule has 3 nitrogen and oxygen atoms in total. The summed E-state index contributed by atoms with van der Waals surface area (Å²) >= 11 is 0. The SMILES string of the molecule is COC1C2CCCCC2[NH2+]C2OCCC21. The first-order valence-electron chi connectivity index (χ1n) is 6.39. The molecule has 3 heteroatoms. The maximum Gasteiger partial charge on any atom is 0.195 e. The van der Waals surface area contributed by atoms with E-state index in [1.807, 2.05) is 7.11 Å². The van der Waals surface area contributed by atoms with Gasteiger partial charge in [-0.1, -0.05) is 6.42 Å². The van der Waals surface area contributed by atoms with Crippen LogP contribution in [0.3, 0.4) is 0 Å². The monoisotopic (exact) mass is 212 g/mol. The van der Waals surface area contributed by atoms with E-state index in [0.717, 1.165) is 18.6 Å². The minimum Gasteiger partial charge on any atom is -0.380 e. The Labute approximate surface area is 91.5 Å². The van der Waals surface area contributed by atoms with Crippen LogP contribution in [-0.4, -0.2) is 32.1 Å². The summed E-state index contributed by atoms with van der Waals surface area (Å²) in [6.07, 6.45) is 7.57. The van der Waals surface area contributed by atoms with Crippen molar-refractivity contribution in [1.82, 2.24) is 0 Å². The number of fused-ring (bicyclic) bond motifs is 2. The molecule has 1 aliphatic carbocycles. The molecule has 2 heterocycles. The zero-order valence-electron chi connectivity index (χ0n) is 9.52. The standard InChI is InChI=1S/C12H21NO2/c1-14-11-8-4-2-3-5-10(8)13-12-9(11)6-7-15-12/h8-13H,2-7H2,1H3/p+1. The average Bonchev–Trinajstić information content (AvgIpc) is 2.73. The summed E-state index contributed by atoms with van der Waals surface area (Å²) in [5.41, 5.74) is 0. The normalized spacial score (nSPS) is 49.8. The lowest BCUT2D eigenvalue weighted by Crippen LogP contribution is -3.01. The summed E-state index contributed by atoms with van der Waals surface area (Å²) in [7, 11) is 1.89. The summed E-state index contributed by atoms with van der Waals surface area (Å²) in [5, 5.41) is 2.50. The van der Waals surface area contributed by atoms with Crippen LogP contribution in [0.15, 0.2) is 0 Å². The molecule has 0 radical (unpaired) electrons. The van der Waals surface area contributed by atoms with E-state index in [1.165, 1.54) is 32.1 Å². The summed E-state index contributed by atoms with van der Waals surface area (Å²) in [5.74, 6) is 1.43. The van der Waals surface area contributed by atoms with Crippen LogP contribution in [-0.2, 0) is 9.47 Å². The molecule has 3 aliphatic rings. The Morgan fingerprint density at radius 1 is 1.13 bits per heavy atom. The first kappa shape index (κ1) is 10.1. The molecule has 3 fully saturated rings. The highest BCUT2D eigenvalue weighted by Gasteiger charge is 2.51. The predicted octanol–water partition coefficient (Wildman–Crippen LogP) is 0.500. The second-order valence-electron chi connectivity index (χ2n) is 5.29. The van der Waals surface area contributed by atoms with Crippen molar-refractivity contribution in [2.24, 2.45) is 11.8 Å². The van der Waals surface area contributed by atoms with Gasteiger partial charge in [0.25, 0.3) is 0 Å². The van der Waals surface area contributed by atoms with Crippen LogP contribution >= 0.6 is 0 Å². The van der Waals surface area contributed by atoms with E-state index < -0.39 is 0 Å². The highest BCUT2D eigenvalue weighted by Crippen LogP contribution is 2.37. The van der Waals surface area contributed by atoms with Crippen LogP contribution in [0.2, 0.25) is 0 Å². The van der Waals surface area contributed by atoms with Crippen LogP contribution in [0, 0.1) is 11.8 Å². The minimum atomic E-state index is 0.397. The summed E-state index contributed by atoms with van der Waals surface area (Å²) in [6, 6.07) is 0.767. The van der Waals surface area contributed by atoms with Crippen molar-refractivity contribution < 1.29 is 14.8 Å². The number of methoxy groups -OCH3 is 1. The minimum absolute atomic E-state index is 0.397. The summed E-state index contributed by atoms with van der Waals surface area (Å²) in [6.45, 7) is 0.936. The lowest BCUT2D eigenvalue weighted by molar-refractivity contribution is -0.776. The molecule has 0 aromatic rings. The molecular formula is C12H22NO2+. The lowest BCUT2D eigenvalue weighted by atomic mass is 9.73. The second kappa shape index (κ2) is 4.04. The fourth-order valence-electron chi connectivity index (χ4n) is 3.92. The van der Waals surface area contributed by atoms with Crippen molar-refractivity contribution in [2.75, 3.05) is 13.7 Å². The fourth-order valence-corrected chi connectivity index (χ4v) is 3.92. The Bertz CT molecular complexity index is 234. The lowest BCUT2D eigenvalue weighted by Gasteiger charge is -2.43. The van der Waals surface area contributed by atoms with Crippen molar-refractivity contribution in [1.29, 1.82) is 0 Å². The molecular weight excluding hydrogens is 190 g/mol. The first-order chi connectivity index (χ1) is 7.40. The molecule has 0 aromatic heterocycles. The second-order valence-corrected chi connectivity index (χ2v) is 5.29. The Morgan fingerprint density at radius 3 is 2.87 bits per heavy atom. The van der Waals surface area contributed by atoms with Gasteiger partial charge in [0.05, 0.1) is 24.7 Å². The van der Waals surface area contributed by atoms with Crippen molar-refractivity contribution in [3.05, 3.63) is 0 Å². The van der Waals surface area contributed by atoms with Gasteiger partial charge in [-0.05, 0) is 25.7 Å². The largest absolute Gasteiger partial charge is 0.380 e. The third-order valence-electron chi connectivity index (χ3n) is 4.61. The predicted molar refractivity (Wildman–Crippen MR) is 56.3 cm³/mol. The zero-order chi connectivity index (χ0) is 10.3. The summed E-state index contributed by atoms with van der Waals surface area (Å²) < 4.78 is 11.6. The molecule has 0 amide bonds. The van der Waals surface area contributed by atoms with Gasteiger partial charge in [-0.15, -0.1) is 0 Å². The molecule has 2 N–H and O–H groups in total. The van der Waals surface area contributed by atoms with Gasteiger partial charge in [-0.3, -0.25) is 0 Å². The van der Waals surface area contributed by atoms with Gasteiger partial charge >= 0.3 is 0 Å². The molecule has 0 aromatic carbocycles. The Morgan fingerprint density at radius 2 is 2.00 bits per heavy atom. The number of hydrogen-bond acceptors (Lipinski definition) is 2. The van der Waals surface area contributed by atoms with Crippen molar-refractivity contribution in [2.45, 2.75) is 50.5 Å². The molecule has 5 atom stereocenters. The number of quaternary nitrogens is 1. The molecule has 2 aliphatic heterocycles. The molecule has 15 heavy (non-hydrogen) atoms. The third kappa shape index (κ3) is 1.61. The van der Waals surface area contributed by atoms with Gasteiger partial charge in [0.1, 0.15) is 0 Å². The van der Waals surface area contributed by atoms with Gasteiger partial charge < -0.3 is 14.8 Å². The van der Waals surface area contributed by atoms with Crippen LogP contribution in [0.5, 0.6) is 0 Å². The number of piperidine rings is 1. The molecule has 2 saturated heterocycles. The molecule has 0 spiro atoms. The highest BCUT2D eigenvalue weighted by atomic mass is 16.5. The molecule has 86 valence electrons. The Hall–Kier alpha value is -0.120. The van der Waals surface area contributed by atoms with Gasteiger partial charge in [0.2, 0.25) is 0 Å².